The van der Waals surface area contributed by atoms with Gasteiger partial charge in [0.1, 0.15) is 11.7 Å². The van der Waals surface area contributed by atoms with Crippen LogP contribution >= 0.6 is 12.6 Å². The lowest BCUT2D eigenvalue weighted by Crippen LogP contribution is -2.26. The lowest BCUT2D eigenvalue weighted by atomic mass is 10.3. The molecule has 2 N–H and O–H groups in total. The number of rotatable bonds is 3. The Labute approximate surface area is 93.2 Å². The molecule has 0 saturated heterocycles. The molecule has 5 heteroatoms. The van der Waals surface area contributed by atoms with Gasteiger partial charge in [0, 0.05) is 17.1 Å². The Balaban J connectivity index is 1.98. The van der Waals surface area contributed by atoms with E-state index in [9.17, 15) is 4.39 Å². The van der Waals surface area contributed by atoms with Crippen LogP contribution in [-0.2, 0) is 0 Å². The minimum Gasteiger partial charge on any atom is -0.377 e. The van der Waals surface area contributed by atoms with Crippen molar-refractivity contribution in [2.24, 2.45) is 4.99 Å². The van der Waals surface area contributed by atoms with Crippen LogP contribution in [0.5, 0.6) is 0 Å². The molecule has 3 nitrogen and oxygen atoms in total. The molecule has 0 unspecified atom stereocenters. The molecule has 0 aromatic heterocycles. The molecule has 80 valence electrons. The molecule has 1 aromatic rings. The van der Waals surface area contributed by atoms with Crippen molar-refractivity contribution in [2.75, 3.05) is 25.0 Å². The lowest BCUT2D eigenvalue weighted by molar-refractivity contribution is 0.624. The quantitative estimate of drug-likeness (QED) is 0.682. The van der Waals surface area contributed by atoms with E-state index < -0.39 is 0 Å². The number of thiol groups is 1. The summed E-state index contributed by atoms with van der Waals surface area (Å²) in [6.07, 6.45) is 0. The molecule has 1 aliphatic rings. The molecule has 0 bridgehead atoms. The standard InChI is InChI=1S/C10H12FN3S/c11-7-1-2-8(9(15)5-7)14-6-10-12-3-4-13-10/h1-2,5,14-15H,3-4,6H2,(H,12,13). The molecule has 1 aromatic carbocycles. The SMILES string of the molecule is Fc1ccc(NCC2=NCCN2)c(S)c1. The molecule has 1 aliphatic heterocycles. The minimum absolute atomic E-state index is 0.276. The van der Waals surface area contributed by atoms with E-state index in [1.165, 1.54) is 12.1 Å². The highest BCUT2D eigenvalue weighted by atomic mass is 32.1. The van der Waals surface area contributed by atoms with E-state index in [1.54, 1.807) is 6.07 Å². The van der Waals surface area contributed by atoms with Crippen molar-refractivity contribution in [2.45, 2.75) is 4.90 Å². The Kier molecular flexibility index (Phi) is 3.11. The van der Waals surface area contributed by atoms with Crippen molar-refractivity contribution >= 4 is 24.2 Å². The average molecular weight is 225 g/mol. The Morgan fingerprint density at radius 1 is 1.53 bits per heavy atom. The van der Waals surface area contributed by atoms with Crippen LogP contribution in [0.4, 0.5) is 10.1 Å². The molecule has 0 amide bonds. The van der Waals surface area contributed by atoms with Gasteiger partial charge in [0.25, 0.3) is 0 Å². The van der Waals surface area contributed by atoms with Gasteiger partial charge in [-0.05, 0) is 18.2 Å². The fourth-order valence-corrected chi connectivity index (χ4v) is 1.68. The summed E-state index contributed by atoms with van der Waals surface area (Å²) in [5, 5.41) is 6.29. The Bertz CT molecular complexity index is 392. The number of aliphatic imine (C=N–C) groups is 1. The van der Waals surface area contributed by atoms with Gasteiger partial charge in [0.05, 0.1) is 13.1 Å². The van der Waals surface area contributed by atoms with Gasteiger partial charge in [-0.25, -0.2) is 4.39 Å². The Morgan fingerprint density at radius 3 is 3.07 bits per heavy atom. The smallest absolute Gasteiger partial charge is 0.124 e. The maximum Gasteiger partial charge on any atom is 0.124 e. The van der Waals surface area contributed by atoms with Gasteiger partial charge in [-0.2, -0.15) is 0 Å². The Morgan fingerprint density at radius 2 is 2.40 bits per heavy atom. The van der Waals surface area contributed by atoms with Crippen molar-refractivity contribution in [3.8, 4) is 0 Å². The van der Waals surface area contributed by atoms with Gasteiger partial charge in [0.2, 0.25) is 0 Å². The van der Waals surface area contributed by atoms with E-state index in [2.05, 4.69) is 28.3 Å². The van der Waals surface area contributed by atoms with Crippen LogP contribution in [0.3, 0.4) is 0 Å². The van der Waals surface area contributed by atoms with Crippen LogP contribution in [0.25, 0.3) is 0 Å². The number of anilines is 1. The maximum atomic E-state index is 12.8. The van der Waals surface area contributed by atoms with Crippen molar-refractivity contribution in [3.05, 3.63) is 24.0 Å². The first-order valence-corrected chi connectivity index (χ1v) is 5.20. The third-order valence-corrected chi connectivity index (χ3v) is 2.52. The van der Waals surface area contributed by atoms with E-state index in [0.29, 0.717) is 11.4 Å². The van der Waals surface area contributed by atoms with Crippen molar-refractivity contribution in [1.29, 1.82) is 0 Å². The number of benzene rings is 1. The molecule has 1 heterocycles. The highest BCUT2D eigenvalue weighted by Gasteiger charge is 2.05. The average Bonchev–Trinajstić information content (AvgIpc) is 2.69. The van der Waals surface area contributed by atoms with Gasteiger partial charge < -0.3 is 10.6 Å². The lowest BCUT2D eigenvalue weighted by Gasteiger charge is -2.09. The minimum atomic E-state index is -0.276. The largest absolute Gasteiger partial charge is 0.377 e. The fourth-order valence-electron chi connectivity index (χ4n) is 1.40. The summed E-state index contributed by atoms with van der Waals surface area (Å²) in [5.41, 5.74) is 0.816. The van der Waals surface area contributed by atoms with Crippen LogP contribution in [0, 0.1) is 5.82 Å². The number of hydrogen-bond acceptors (Lipinski definition) is 4. The van der Waals surface area contributed by atoms with Gasteiger partial charge in [0.15, 0.2) is 0 Å². The second kappa shape index (κ2) is 4.53. The predicted molar refractivity (Wildman–Crippen MR) is 62.4 cm³/mol. The molecule has 0 spiro atoms. The van der Waals surface area contributed by atoms with Crippen molar-refractivity contribution in [3.63, 3.8) is 0 Å². The summed E-state index contributed by atoms with van der Waals surface area (Å²) in [7, 11) is 0. The molecule has 0 fully saturated rings. The van der Waals surface area contributed by atoms with E-state index in [4.69, 9.17) is 0 Å². The summed E-state index contributed by atoms with van der Waals surface area (Å²) in [4.78, 5) is 4.85. The van der Waals surface area contributed by atoms with Crippen LogP contribution in [-0.4, -0.2) is 25.5 Å². The monoisotopic (exact) mass is 225 g/mol. The zero-order valence-corrected chi connectivity index (χ0v) is 9.02. The number of halogens is 1. The first-order chi connectivity index (χ1) is 7.25. The van der Waals surface area contributed by atoms with E-state index >= 15 is 0 Å². The number of hydrogen-bond donors (Lipinski definition) is 3. The van der Waals surface area contributed by atoms with Crippen molar-refractivity contribution < 1.29 is 4.39 Å². The summed E-state index contributed by atoms with van der Waals surface area (Å²) in [6, 6.07) is 4.47. The van der Waals surface area contributed by atoms with Crippen molar-refractivity contribution in [1.82, 2.24) is 5.32 Å². The first-order valence-electron chi connectivity index (χ1n) is 4.75. The van der Waals surface area contributed by atoms with Gasteiger partial charge in [-0.3, -0.25) is 4.99 Å². The summed E-state index contributed by atoms with van der Waals surface area (Å²) < 4.78 is 12.8. The fraction of sp³-hybridized carbons (Fsp3) is 0.300. The summed E-state index contributed by atoms with van der Waals surface area (Å²) in [5.74, 6) is 0.661. The highest BCUT2D eigenvalue weighted by Crippen LogP contribution is 2.20. The van der Waals surface area contributed by atoms with Crippen LogP contribution in [0.1, 0.15) is 0 Å². The van der Waals surface area contributed by atoms with E-state index in [0.717, 1.165) is 24.6 Å². The normalized spacial score (nSPS) is 14.7. The topological polar surface area (TPSA) is 36.4 Å². The zero-order chi connectivity index (χ0) is 10.7. The molecule has 0 radical (unpaired) electrons. The number of nitrogens with one attached hydrogen (secondary N) is 2. The number of nitrogens with zero attached hydrogens (tertiary/aromatic N) is 1. The molecule has 15 heavy (non-hydrogen) atoms. The summed E-state index contributed by atoms with van der Waals surface area (Å²) in [6.45, 7) is 2.35. The van der Waals surface area contributed by atoms with Gasteiger partial charge in [-0.15, -0.1) is 12.6 Å². The molecule has 0 aliphatic carbocycles. The third-order valence-electron chi connectivity index (χ3n) is 2.15. The van der Waals surface area contributed by atoms with Crippen LogP contribution < -0.4 is 10.6 Å². The van der Waals surface area contributed by atoms with Crippen LogP contribution in [0.15, 0.2) is 28.1 Å². The van der Waals surface area contributed by atoms with Gasteiger partial charge in [-0.1, -0.05) is 0 Å². The second-order valence-corrected chi connectivity index (χ2v) is 3.75. The van der Waals surface area contributed by atoms with Gasteiger partial charge >= 0.3 is 0 Å². The molecular weight excluding hydrogens is 213 g/mol. The zero-order valence-electron chi connectivity index (χ0n) is 8.13. The Hall–Kier alpha value is -1.23. The molecular formula is C10H12FN3S. The van der Waals surface area contributed by atoms with E-state index in [-0.39, 0.29) is 5.82 Å². The first kappa shape index (κ1) is 10.3. The number of amidine groups is 1. The maximum absolute atomic E-state index is 12.8. The second-order valence-electron chi connectivity index (χ2n) is 3.27. The van der Waals surface area contributed by atoms with E-state index in [1.807, 2.05) is 0 Å². The molecule has 0 saturated carbocycles. The van der Waals surface area contributed by atoms with Crippen LogP contribution in [0.2, 0.25) is 0 Å². The molecule has 2 rings (SSSR count). The third kappa shape index (κ3) is 2.62. The molecule has 0 atom stereocenters. The highest BCUT2D eigenvalue weighted by molar-refractivity contribution is 7.80. The predicted octanol–water partition coefficient (Wildman–Crippen LogP) is 1.53. The summed E-state index contributed by atoms with van der Waals surface area (Å²) >= 11 is 4.18.